The molecule has 6 nitrogen and oxygen atoms in total. The van der Waals surface area contributed by atoms with Crippen LogP contribution in [0.5, 0.6) is 5.75 Å². The second-order valence-corrected chi connectivity index (χ2v) is 9.58. The number of nitrogens with one attached hydrogen (secondary N) is 1. The van der Waals surface area contributed by atoms with Gasteiger partial charge in [-0.1, -0.05) is 62.4 Å². The number of carbonyl (C=O) groups excluding carboxylic acids is 2. The zero-order valence-electron chi connectivity index (χ0n) is 20.3. The van der Waals surface area contributed by atoms with Crippen LogP contribution >= 0.6 is 0 Å². The predicted octanol–water partition coefficient (Wildman–Crippen LogP) is 5.41. The summed E-state index contributed by atoms with van der Waals surface area (Å²) < 4.78 is 10.7. The summed E-state index contributed by atoms with van der Waals surface area (Å²) in [6.45, 7) is 4.37. The zero-order chi connectivity index (χ0) is 25.0. The Labute approximate surface area is 205 Å². The molecular weight excluding hydrogens is 442 g/mol. The van der Waals surface area contributed by atoms with Gasteiger partial charge in [0.25, 0.3) is 0 Å². The van der Waals surface area contributed by atoms with Crippen LogP contribution in [0.25, 0.3) is 0 Å². The molecule has 6 heteroatoms. The first-order chi connectivity index (χ1) is 16.8. The Morgan fingerprint density at radius 2 is 1.80 bits per heavy atom. The molecule has 1 heterocycles. The summed E-state index contributed by atoms with van der Waals surface area (Å²) in [6, 6.07) is 22.3. The van der Waals surface area contributed by atoms with Crippen LogP contribution in [0, 0.1) is 5.92 Å². The molecule has 3 aromatic rings. The van der Waals surface area contributed by atoms with Gasteiger partial charge < -0.3 is 19.9 Å². The molecule has 3 aromatic carbocycles. The number of ether oxygens (including phenoxy) is 2. The van der Waals surface area contributed by atoms with Crippen molar-refractivity contribution in [3.63, 3.8) is 0 Å². The fourth-order valence-corrected chi connectivity index (χ4v) is 4.75. The maximum Gasteiger partial charge on any atom is 0.338 e. The number of esters is 1. The summed E-state index contributed by atoms with van der Waals surface area (Å²) >= 11 is 0. The second kappa shape index (κ2) is 10.3. The average Bonchev–Trinajstić information content (AvgIpc) is 3.23. The van der Waals surface area contributed by atoms with E-state index >= 15 is 0 Å². The third-order valence-electron chi connectivity index (χ3n) is 6.61. The van der Waals surface area contributed by atoms with Crippen LogP contribution in [-0.2, 0) is 21.6 Å². The molecule has 0 aliphatic carbocycles. The van der Waals surface area contributed by atoms with E-state index in [1.54, 1.807) is 25.3 Å². The monoisotopic (exact) mass is 473 g/mol. The molecule has 1 aliphatic rings. The van der Waals surface area contributed by atoms with E-state index in [4.69, 9.17) is 9.47 Å². The Bertz CT molecular complexity index is 1200. The Balaban J connectivity index is 1.59. The van der Waals surface area contributed by atoms with Crippen molar-refractivity contribution >= 4 is 17.6 Å². The molecular formula is C29H31NO5. The lowest BCUT2D eigenvalue weighted by Crippen LogP contribution is -2.31. The fraction of sp³-hybridized carbons (Fsp3) is 0.310. The second-order valence-electron chi connectivity index (χ2n) is 9.58. The summed E-state index contributed by atoms with van der Waals surface area (Å²) in [6.07, 6.45) is -0.0252. The number of para-hydroxylation sites is 1. The number of rotatable bonds is 9. The fourth-order valence-electron chi connectivity index (χ4n) is 4.75. The van der Waals surface area contributed by atoms with Gasteiger partial charge in [-0.05, 0) is 53.6 Å². The van der Waals surface area contributed by atoms with Crippen LogP contribution in [0.15, 0.2) is 72.8 Å². The van der Waals surface area contributed by atoms with Crippen molar-refractivity contribution in [2.24, 2.45) is 5.92 Å². The Kier molecular flexibility index (Phi) is 7.22. The Morgan fingerprint density at radius 1 is 1.09 bits per heavy atom. The number of carbonyl (C=O) groups is 2. The summed E-state index contributed by atoms with van der Waals surface area (Å²) in [5.74, 6) is -0.256. The van der Waals surface area contributed by atoms with Crippen molar-refractivity contribution in [1.82, 2.24) is 0 Å². The number of hydrogen-bond donors (Lipinski definition) is 2. The number of hydrogen-bond acceptors (Lipinski definition) is 5. The van der Waals surface area contributed by atoms with E-state index in [1.807, 2.05) is 54.6 Å². The molecule has 35 heavy (non-hydrogen) atoms. The van der Waals surface area contributed by atoms with Gasteiger partial charge in [0.05, 0.1) is 18.8 Å². The lowest BCUT2D eigenvalue weighted by molar-refractivity contribution is -0.121. The summed E-state index contributed by atoms with van der Waals surface area (Å²) in [7, 11) is 1.64. The average molecular weight is 474 g/mol. The minimum Gasteiger partial charge on any atom is -0.496 e. The highest BCUT2D eigenvalue weighted by molar-refractivity contribution is 5.96. The maximum absolute atomic E-state index is 13.6. The van der Waals surface area contributed by atoms with Crippen LogP contribution in [0.3, 0.4) is 0 Å². The zero-order valence-corrected chi connectivity index (χ0v) is 20.3. The molecule has 0 spiro atoms. The summed E-state index contributed by atoms with van der Waals surface area (Å²) in [4.78, 5) is 25.3. The van der Waals surface area contributed by atoms with Gasteiger partial charge in [-0.3, -0.25) is 4.79 Å². The SMILES string of the molecule is COc1ccccc1C(C)(C)CC(CC(O)c1ccccc1)C(=O)Nc1ccc2c(c1)COC2=O. The molecule has 4 rings (SSSR count). The number of fused-ring (bicyclic) bond motifs is 1. The molecule has 0 radical (unpaired) electrons. The molecule has 182 valence electrons. The number of aliphatic hydroxyl groups excluding tert-OH is 1. The first-order valence-corrected chi connectivity index (χ1v) is 11.8. The predicted molar refractivity (Wildman–Crippen MR) is 134 cm³/mol. The van der Waals surface area contributed by atoms with Crippen molar-refractivity contribution in [3.05, 3.63) is 95.1 Å². The number of cyclic esters (lactones) is 1. The minimum absolute atomic E-state index is 0.187. The van der Waals surface area contributed by atoms with Crippen molar-refractivity contribution < 1.29 is 24.2 Å². The van der Waals surface area contributed by atoms with Crippen LogP contribution in [0.1, 0.15) is 59.8 Å². The summed E-state index contributed by atoms with van der Waals surface area (Å²) in [5.41, 5.74) is 3.25. The molecule has 0 fully saturated rings. The molecule has 1 aliphatic heterocycles. The topological polar surface area (TPSA) is 84.9 Å². The normalized spacial score (nSPS) is 14.6. The minimum atomic E-state index is -0.786. The standard InChI is InChI=1S/C29H31NO5/c1-29(2,24-11-7-8-12-26(24)34-3)17-20(16-25(31)19-9-5-4-6-10-19)27(32)30-22-13-14-23-21(15-22)18-35-28(23)33/h4-15,20,25,31H,16-18H2,1-3H3,(H,30,32). The van der Waals surface area contributed by atoms with Crippen molar-refractivity contribution in [2.75, 3.05) is 12.4 Å². The van der Waals surface area contributed by atoms with Gasteiger partial charge in [-0.2, -0.15) is 0 Å². The van der Waals surface area contributed by atoms with Crippen LogP contribution in [-0.4, -0.2) is 24.1 Å². The van der Waals surface area contributed by atoms with Gasteiger partial charge in [0.2, 0.25) is 5.91 Å². The van der Waals surface area contributed by atoms with E-state index in [-0.39, 0.29) is 24.9 Å². The van der Waals surface area contributed by atoms with E-state index in [9.17, 15) is 14.7 Å². The van der Waals surface area contributed by atoms with E-state index in [0.29, 0.717) is 17.7 Å². The maximum atomic E-state index is 13.6. The molecule has 1 amide bonds. The highest BCUT2D eigenvalue weighted by Crippen LogP contribution is 2.39. The van der Waals surface area contributed by atoms with Gasteiger partial charge in [0.1, 0.15) is 12.4 Å². The Hall–Kier alpha value is -3.64. The van der Waals surface area contributed by atoms with Crippen LogP contribution in [0.2, 0.25) is 0 Å². The van der Waals surface area contributed by atoms with Gasteiger partial charge in [0.15, 0.2) is 0 Å². The van der Waals surface area contributed by atoms with Crippen LogP contribution in [0.4, 0.5) is 5.69 Å². The Morgan fingerprint density at radius 3 is 2.54 bits per heavy atom. The number of anilines is 1. The molecule has 0 saturated carbocycles. The van der Waals surface area contributed by atoms with Crippen molar-refractivity contribution in [1.29, 1.82) is 0 Å². The number of benzene rings is 3. The van der Waals surface area contributed by atoms with Gasteiger partial charge in [-0.25, -0.2) is 4.79 Å². The van der Waals surface area contributed by atoms with E-state index < -0.39 is 17.4 Å². The first-order valence-electron chi connectivity index (χ1n) is 11.8. The first kappa shape index (κ1) is 24.5. The van der Waals surface area contributed by atoms with Gasteiger partial charge >= 0.3 is 5.97 Å². The van der Waals surface area contributed by atoms with E-state index in [0.717, 1.165) is 22.4 Å². The van der Waals surface area contributed by atoms with Crippen molar-refractivity contribution in [3.8, 4) is 5.75 Å². The van der Waals surface area contributed by atoms with E-state index in [1.165, 1.54) is 0 Å². The highest BCUT2D eigenvalue weighted by Gasteiger charge is 2.33. The highest BCUT2D eigenvalue weighted by atomic mass is 16.5. The quantitative estimate of drug-likeness (QED) is 0.406. The lowest BCUT2D eigenvalue weighted by atomic mass is 9.74. The number of aliphatic hydroxyl groups is 1. The lowest BCUT2D eigenvalue weighted by Gasteiger charge is -2.32. The number of methoxy groups -OCH3 is 1. The van der Waals surface area contributed by atoms with Crippen LogP contribution < -0.4 is 10.1 Å². The third-order valence-corrected chi connectivity index (χ3v) is 6.61. The van der Waals surface area contributed by atoms with Gasteiger partial charge in [0, 0.05) is 17.2 Å². The molecule has 2 atom stereocenters. The molecule has 0 aromatic heterocycles. The third kappa shape index (κ3) is 5.54. The largest absolute Gasteiger partial charge is 0.496 e. The summed E-state index contributed by atoms with van der Waals surface area (Å²) in [5, 5.41) is 14.0. The molecule has 2 N–H and O–H groups in total. The van der Waals surface area contributed by atoms with Gasteiger partial charge in [-0.15, -0.1) is 0 Å². The smallest absolute Gasteiger partial charge is 0.338 e. The molecule has 2 unspecified atom stereocenters. The molecule has 0 saturated heterocycles. The van der Waals surface area contributed by atoms with Crippen molar-refractivity contribution in [2.45, 2.75) is 44.8 Å². The molecule has 0 bridgehead atoms. The number of amides is 1. The van der Waals surface area contributed by atoms with E-state index in [2.05, 4.69) is 19.2 Å².